The predicted molar refractivity (Wildman–Crippen MR) is 66.9 cm³/mol. The standard InChI is InChI=1S/C12H15BrN2O/c13-11-3-1-2-10(6-11)8-15(12(14)16)7-9-4-5-9/h1-3,6,9H,4-5,7-8H2,(H2,14,16). The van der Waals surface area contributed by atoms with Crippen LogP contribution in [-0.4, -0.2) is 17.5 Å². The lowest BCUT2D eigenvalue weighted by molar-refractivity contribution is 0.202. The van der Waals surface area contributed by atoms with Crippen molar-refractivity contribution in [3.63, 3.8) is 0 Å². The number of amides is 2. The van der Waals surface area contributed by atoms with Crippen molar-refractivity contribution in [2.45, 2.75) is 19.4 Å². The molecule has 1 aromatic carbocycles. The summed E-state index contributed by atoms with van der Waals surface area (Å²) >= 11 is 3.42. The van der Waals surface area contributed by atoms with Gasteiger partial charge in [0.05, 0.1) is 0 Å². The number of hydrogen-bond acceptors (Lipinski definition) is 1. The zero-order valence-corrected chi connectivity index (χ0v) is 10.6. The third-order valence-electron chi connectivity index (χ3n) is 2.75. The highest BCUT2D eigenvalue weighted by atomic mass is 79.9. The molecule has 86 valence electrons. The highest BCUT2D eigenvalue weighted by Gasteiger charge is 2.25. The van der Waals surface area contributed by atoms with Gasteiger partial charge in [-0.25, -0.2) is 4.79 Å². The number of primary amides is 1. The van der Waals surface area contributed by atoms with E-state index in [1.807, 2.05) is 24.3 Å². The zero-order chi connectivity index (χ0) is 11.5. The van der Waals surface area contributed by atoms with E-state index in [1.54, 1.807) is 4.90 Å². The Labute approximate surface area is 104 Å². The second-order valence-corrected chi connectivity index (χ2v) is 5.21. The van der Waals surface area contributed by atoms with Gasteiger partial charge in [-0.05, 0) is 36.5 Å². The number of halogens is 1. The molecule has 0 aliphatic heterocycles. The summed E-state index contributed by atoms with van der Waals surface area (Å²) in [5, 5.41) is 0. The Kier molecular flexibility index (Phi) is 3.49. The summed E-state index contributed by atoms with van der Waals surface area (Å²) in [5.41, 5.74) is 6.48. The molecule has 0 atom stereocenters. The molecule has 0 heterocycles. The fraction of sp³-hybridized carbons (Fsp3) is 0.417. The molecule has 4 heteroatoms. The second-order valence-electron chi connectivity index (χ2n) is 4.29. The first-order chi connectivity index (χ1) is 7.65. The van der Waals surface area contributed by atoms with Crippen LogP contribution in [0.1, 0.15) is 18.4 Å². The van der Waals surface area contributed by atoms with Gasteiger partial charge in [0.1, 0.15) is 0 Å². The van der Waals surface area contributed by atoms with E-state index in [0.717, 1.165) is 16.6 Å². The molecule has 0 saturated heterocycles. The van der Waals surface area contributed by atoms with Crippen LogP contribution in [0.2, 0.25) is 0 Å². The Hall–Kier alpha value is -1.03. The molecule has 1 aliphatic carbocycles. The topological polar surface area (TPSA) is 46.3 Å². The van der Waals surface area contributed by atoms with Crippen molar-refractivity contribution < 1.29 is 4.79 Å². The van der Waals surface area contributed by atoms with Crippen LogP contribution in [0.4, 0.5) is 4.79 Å². The summed E-state index contributed by atoms with van der Waals surface area (Å²) in [6.07, 6.45) is 2.45. The molecule has 1 aromatic rings. The monoisotopic (exact) mass is 282 g/mol. The van der Waals surface area contributed by atoms with Crippen molar-refractivity contribution >= 4 is 22.0 Å². The number of nitrogens with two attached hydrogens (primary N) is 1. The van der Waals surface area contributed by atoms with E-state index in [9.17, 15) is 4.79 Å². The van der Waals surface area contributed by atoms with E-state index in [2.05, 4.69) is 15.9 Å². The van der Waals surface area contributed by atoms with E-state index < -0.39 is 0 Å². The number of carbonyl (C=O) groups excluding carboxylic acids is 1. The summed E-state index contributed by atoms with van der Waals surface area (Å²) in [6, 6.07) is 7.64. The van der Waals surface area contributed by atoms with Gasteiger partial charge < -0.3 is 10.6 Å². The number of nitrogens with zero attached hydrogens (tertiary/aromatic N) is 1. The molecule has 2 N–H and O–H groups in total. The normalized spacial score (nSPS) is 14.8. The van der Waals surface area contributed by atoms with Crippen molar-refractivity contribution in [1.82, 2.24) is 4.90 Å². The molecule has 3 nitrogen and oxygen atoms in total. The van der Waals surface area contributed by atoms with Crippen molar-refractivity contribution in [3.8, 4) is 0 Å². The molecular formula is C12H15BrN2O. The van der Waals surface area contributed by atoms with Crippen LogP contribution >= 0.6 is 15.9 Å². The largest absolute Gasteiger partial charge is 0.351 e. The van der Waals surface area contributed by atoms with Crippen LogP contribution in [0.25, 0.3) is 0 Å². The maximum atomic E-state index is 11.3. The third-order valence-corrected chi connectivity index (χ3v) is 3.24. The summed E-state index contributed by atoms with van der Waals surface area (Å²) in [7, 11) is 0. The van der Waals surface area contributed by atoms with Gasteiger partial charge in [-0.2, -0.15) is 0 Å². The van der Waals surface area contributed by atoms with Gasteiger partial charge in [-0.15, -0.1) is 0 Å². The fourth-order valence-corrected chi connectivity index (χ4v) is 2.15. The molecule has 0 unspecified atom stereocenters. The minimum atomic E-state index is -0.327. The molecule has 1 fully saturated rings. The Bertz CT molecular complexity index is 390. The van der Waals surface area contributed by atoms with E-state index in [4.69, 9.17) is 5.73 Å². The molecular weight excluding hydrogens is 268 g/mol. The van der Waals surface area contributed by atoms with E-state index in [-0.39, 0.29) is 6.03 Å². The third kappa shape index (κ3) is 3.23. The van der Waals surface area contributed by atoms with Crippen molar-refractivity contribution in [2.75, 3.05) is 6.54 Å². The van der Waals surface area contributed by atoms with Gasteiger partial charge in [0.25, 0.3) is 0 Å². The maximum Gasteiger partial charge on any atom is 0.315 e. The number of benzene rings is 1. The first-order valence-corrected chi connectivity index (χ1v) is 6.23. The van der Waals surface area contributed by atoms with Crippen LogP contribution in [0.5, 0.6) is 0 Å². The summed E-state index contributed by atoms with van der Waals surface area (Å²) in [6.45, 7) is 1.40. The summed E-state index contributed by atoms with van der Waals surface area (Å²) < 4.78 is 1.03. The molecule has 1 saturated carbocycles. The Morgan fingerprint density at radius 1 is 1.50 bits per heavy atom. The lowest BCUT2D eigenvalue weighted by Gasteiger charge is -2.20. The fourth-order valence-electron chi connectivity index (χ4n) is 1.70. The SMILES string of the molecule is NC(=O)N(Cc1cccc(Br)c1)CC1CC1. The van der Waals surface area contributed by atoms with Gasteiger partial charge >= 0.3 is 6.03 Å². The second kappa shape index (κ2) is 4.87. The molecule has 2 rings (SSSR count). The minimum absolute atomic E-state index is 0.327. The van der Waals surface area contributed by atoms with Crippen LogP contribution < -0.4 is 5.73 Å². The maximum absolute atomic E-state index is 11.3. The van der Waals surface area contributed by atoms with Gasteiger partial charge in [0, 0.05) is 17.6 Å². The molecule has 0 aromatic heterocycles. The number of urea groups is 1. The average Bonchev–Trinajstić information content (AvgIpc) is 3.00. The Morgan fingerprint density at radius 2 is 2.25 bits per heavy atom. The molecule has 16 heavy (non-hydrogen) atoms. The zero-order valence-electron chi connectivity index (χ0n) is 9.03. The smallest absolute Gasteiger partial charge is 0.315 e. The average molecular weight is 283 g/mol. The quantitative estimate of drug-likeness (QED) is 0.907. The highest BCUT2D eigenvalue weighted by molar-refractivity contribution is 9.10. The summed E-state index contributed by atoms with van der Waals surface area (Å²) in [4.78, 5) is 13.0. The van der Waals surface area contributed by atoms with Crippen LogP contribution in [0.3, 0.4) is 0 Å². The Morgan fingerprint density at radius 3 is 2.81 bits per heavy atom. The molecule has 1 aliphatic rings. The molecule has 2 amide bonds. The molecule has 0 spiro atoms. The van der Waals surface area contributed by atoms with Crippen LogP contribution in [0, 0.1) is 5.92 Å². The van der Waals surface area contributed by atoms with Gasteiger partial charge in [-0.3, -0.25) is 0 Å². The van der Waals surface area contributed by atoms with Gasteiger partial charge in [-0.1, -0.05) is 28.1 Å². The van der Waals surface area contributed by atoms with E-state index in [0.29, 0.717) is 12.5 Å². The van der Waals surface area contributed by atoms with E-state index >= 15 is 0 Å². The lowest BCUT2D eigenvalue weighted by Crippen LogP contribution is -2.36. The van der Waals surface area contributed by atoms with Crippen molar-refractivity contribution in [1.29, 1.82) is 0 Å². The number of carbonyl (C=O) groups is 1. The Balaban J connectivity index is 2.01. The van der Waals surface area contributed by atoms with Crippen LogP contribution in [0.15, 0.2) is 28.7 Å². The minimum Gasteiger partial charge on any atom is -0.351 e. The van der Waals surface area contributed by atoms with Gasteiger partial charge in [0.2, 0.25) is 0 Å². The first-order valence-electron chi connectivity index (χ1n) is 5.44. The summed E-state index contributed by atoms with van der Waals surface area (Å²) in [5.74, 6) is 0.666. The number of hydrogen-bond donors (Lipinski definition) is 1. The van der Waals surface area contributed by atoms with Crippen molar-refractivity contribution in [2.24, 2.45) is 11.7 Å². The highest BCUT2D eigenvalue weighted by Crippen LogP contribution is 2.30. The van der Waals surface area contributed by atoms with Gasteiger partial charge in [0.15, 0.2) is 0 Å². The first kappa shape index (κ1) is 11.5. The van der Waals surface area contributed by atoms with Crippen LogP contribution in [-0.2, 0) is 6.54 Å². The van der Waals surface area contributed by atoms with E-state index in [1.165, 1.54) is 12.8 Å². The lowest BCUT2D eigenvalue weighted by atomic mass is 10.2. The molecule has 0 bridgehead atoms. The molecule has 0 radical (unpaired) electrons. The van der Waals surface area contributed by atoms with Crippen molar-refractivity contribution in [3.05, 3.63) is 34.3 Å². The predicted octanol–water partition coefficient (Wildman–Crippen LogP) is 2.74. The number of rotatable bonds is 4.